The molecule has 0 aliphatic heterocycles. The summed E-state index contributed by atoms with van der Waals surface area (Å²) in [5, 5.41) is 11.6. The smallest absolute Gasteiger partial charge is 0.192 e. The van der Waals surface area contributed by atoms with Gasteiger partial charge in [-0.15, -0.1) is 0 Å². The van der Waals surface area contributed by atoms with Crippen molar-refractivity contribution >= 4 is 5.84 Å². The zero-order valence-electron chi connectivity index (χ0n) is 10.8. The van der Waals surface area contributed by atoms with Gasteiger partial charge in [0.1, 0.15) is 24.7 Å². The molecule has 0 aliphatic carbocycles. The Hall–Kier alpha value is -2.76. The molecule has 0 fully saturated rings. The van der Waals surface area contributed by atoms with Crippen LogP contribution in [-0.4, -0.2) is 29.2 Å². The number of pyridine rings is 1. The van der Waals surface area contributed by atoms with Gasteiger partial charge in [0.2, 0.25) is 0 Å². The van der Waals surface area contributed by atoms with Crippen molar-refractivity contribution in [2.75, 3.05) is 13.2 Å². The average Bonchev–Trinajstić information content (AvgIpc) is 2.52. The highest BCUT2D eigenvalue weighted by Gasteiger charge is 2.09. The molecule has 0 spiro atoms. The highest BCUT2D eigenvalue weighted by Crippen LogP contribution is 2.15. The van der Waals surface area contributed by atoms with Gasteiger partial charge in [0.25, 0.3) is 0 Å². The van der Waals surface area contributed by atoms with Gasteiger partial charge in [0.05, 0.1) is 0 Å². The number of hydrogen-bond donors (Lipinski definition) is 2. The van der Waals surface area contributed by atoms with Crippen LogP contribution < -0.4 is 15.2 Å². The average molecular weight is 273 g/mol. The molecule has 1 heterocycles. The monoisotopic (exact) mass is 273 g/mol. The summed E-state index contributed by atoms with van der Waals surface area (Å²) in [7, 11) is 0. The molecule has 2 rings (SSSR count). The van der Waals surface area contributed by atoms with Gasteiger partial charge in [0, 0.05) is 6.20 Å². The van der Waals surface area contributed by atoms with Gasteiger partial charge in [-0.1, -0.05) is 23.4 Å². The molecule has 0 radical (unpaired) electrons. The molecule has 0 aliphatic rings. The largest absolute Gasteiger partial charge is 0.490 e. The van der Waals surface area contributed by atoms with Crippen molar-refractivity contribution in [3.05, 3.63) is 54.4 Å². The maximum Gasteiger partial charge on any atom is 0.192 e. The Morgan fingerprint density at radius 3 is 2.60 bits per heavy atom. The van der Waals surface area contributed by atoms with E-state index in [4.69, 9.17) is 20.4 Å². The van der Waals surface area contributed by atoms with Gasteiger partial charge < -0.3 is 20.4 Å². The van der Waals surface area contributed by atoms with Crippen LogP contribution in [0.2, 0.25) is 0 Å². The Morgan fingerprint density at radius 1 is 1.10 bits per heavy atom. The van der Waals surface area contributed by atoms with E-state index >= 15 is 0 Å². The summed E-state index contributed by atoms with van der Waals surface area (Å²) in [5.41, 5.74) is 5.82. The van der Waals surface area contributed by atoms with Gasteiger partial charge >= 0.3 is 0 Å². The van der Waals surface area contributed by atoms with Crippen molar-refractivity contribution in [2.45, 2.75) is 0 Å². The molecule has 2 aromatic rings. The molecular formula is C14H15N3O3. The van der Waals surface area contributed by atoms with Crippen LogP contribution in [0.4, 0.5) is 0 Å². The number of nitrogens with two attached hydrogens (primary N) is 1. The number of hydrogen-bond acceptors (Lipinski definition) is 5. The van der Waals surface area contributed by atoms with E-state index in [-0.39, 0.29) is 5.84 Å². The Morgan fingerprint density at radius 2 is 1.85 bits per heavy atom. The first-order valence-electron chi connectivity index (χ1n) is 6.05. The van der Waals surface area contributed by atoms with E-state index < -0.39 is 0 Å². The van der Waals surface area contributed by atoms with E-state index in [9.17, 15) is 0 Å². The third-order valence-corrected chi connectivity index (χ3v) is 2.47. The first-order chi connectivity index (χ1) is 9.81. The quantitative estimate of drug-likeness (QED) is 0.274. The summed E-state index contributed by atoms with van der Waals surface area (Å²) in [5.74, 6) is 1.13. The Bertz CT molecular complexity index is 573. The van der Waals surface area contributed by atoms with Crippen LogP contribution >= 0.6 is 0 Å². The predicted octanol–water partition coefficient (Wildman–Crippen LogP) is 1.63. The topological polar surface area (TPSA) is 90.0 Å². The fourth-order valence-corrected chi connectivity index (χ4v) is 1.57. The number of oxime groups is 1. The molecule has 3 N–H and O–H groups in total. The van der Waals surface area contributed by atoms with Crippen molar-refractivity contribution in [3.63, 3.8) is 0 Å². The minimum atomic E-state index is -0.0930. The summed E-state index contributed by atoms with van der Waals surface area (Å²) < 4.78 is 11.0. The lowest BCUT2D eigenvalue weighted by Gasteiger charge is -2.10. The summed E-state index contributed by atoms with van der Waals surface area (Å²) in [6, 6.07) is 12.9. The van der Waals surface area contributed by atoms with Crippen molar-refractivity contribution < 1.29 is 14.7 Å². The molecule has 1 aromatic heterocycles. The fourth-order valence-electron chi connectivity index (χ4n) is 1.57. The Balaban J connectivity index is 1.88. The number of rotatable bonds is 6. The van der Waals surface area contributed by atoms with Crippen LogP contribution in [0.25, 0.3) is 0 Å². The summed E-state index contributed by atoms with van der Waals surface area (Å²) in [4.78, 5) is 4.00. The van der Waals surface area contributed by atoms with Crippen molar-refractivity contribution in [2.24, 2.45) is 10.9 Å². The van der Waals surface area contributed by atoms with E-state index in [2.05, 4.69) is 10.1 Å². The molecule has 6 heteroatoms. The molecule has 0 amide bonds. The fraction of sp³-hybridized carbons (Fsp3) is 0.143. The molecule has 6 nitrogen and oxygen atoms in total. The number of nitrogens with zero attached hydrogens (tertiary/aromatic N) is 2. The van der Waals surface area contributed by atoms with Crippen LogP contribution in [0.3, 0.4) is 0 Å². The van der Waals surface area contributed by atoms with Gasteiger partial charge in [-0.3, -0.25) is 0 Å². The van der Waals surface area contributed by atoms with E-state index in [1.807, 2.05) is 30.3 Å². The molecule has 0 bridgehead atoms. The highest BCUT2D eigenvalue weighted by atomic mass is 16.5. The number of aromatic nitrogens is 1. The summed E-state index contributed by atoms with van der Waals surface area (Å²) >= 11 is 0. The van der Waals surface area contributed by atoms with Crippen molar-refractivity contribution in [1.82, 2.24) is 4.98 Å². The molecule has 0 unspecified atom stereocenters. The number of amidine groups is 1. The molecule has 20 heavy (non-hydrogen) atoms. The number of benzene rings is 1. The second-order valence-electron chi connectivity index (χ2n) is 3.85. The molecule has 0 atom stereocenters. The summed E-state index contributed by atoms with van der Waals surface area (Å²) in [6.45, 7) is 0.709. The van der Waals surface area contributed by atoms with Crippen LogP contribution in [-0.2, 0) is 0 Å². The minimum Gasteiger partial charge on any atom is -0.490 e. The molecule has 1 aromatic carbocycles. The lowest BCUT2D eigenvalue weighted by atomic mass is 10.3. The third-order valence-electron chi connectivity index (χ3n) is 2.47. The lowest BCUT2D eigenvalue weighted by Crippen LogP contribution is -2.18. The van der Waals surface area contributed by atoms with Gasteiger partial charge in [-0.25, -0.2) is 4.98 Å². The van der Waals surface area contributed by atoms with Crippen LogP contribution in [0, 0.1) is 0 Å². The zero-order chi connectivity index (χ0) is 14.2. The maximum atomic E-state index is 8.68. The second-order valence-corrected chi connectivity index (χ2v) is 3.85. The maximum absolute atomic E-state index is 8.68. The second kappa shape index (κ2) is 6.98. The van der Waals surface area contributed by atoms with Gasteiger partial charge in [-0.05, 0) is 24.3 Å². The first-order valence-corrected chi connectivity index (χ1v) is 6.05. The van der Waals surface area contributed by atoms with Crippen LogP contribution in [0.5, 0.6) is 11.5 Å². The van der Waals surface area contributed by atoms with E-state index in [0.29, 0.717) is 24.7 Å². The summed E-state index contributed by atoms with van der Waals surface area (Å²) in [6.07, 6.45) is 1.54. The van der Waals surface area contributed by atoms with Gasteiger partial charge in [0.15, 0.2) is 11.5 Å². The zero-order valence-corrected chi connectivity index (χ0v) is 10.8. The molecule has 0 saturated heterocycles. The highest BCUT2D eigenvalue weighted by molar-refractivity contribution is 5.97. The molecule has 0 saturated carbocycles. The SMILES string of the molecule is N/C(=N/O)c1ncccc1OCCOc1ccccc1. The Kier molecular flexibility index (Phi) is 4.77. The predicted molar refractivity (Wildman–Crippen MR) is 74.2 cm³/mol. The van der Waals surface area contributed by atoms with E-state index in [1.54, 1.807) is 18.3 Å². The van der Waals surface area contributed by atoms with Crippen LogP contribution in [0.1, 0.15) is 5.69 Å². The minimum absolute atomic E-state index is 0.0930. The normalized spacial score (nSPS) is 11.1. The molecular weight excluding hydrogens is 258 g/mol. The number of ether oxygens (including phenoxy) is 2. The van der Waals surface area contributed by atoms with Crippen molar-refractivity contribution in [1.29, 1.82) is 0 Å². The van der Waals surface area contributed by atoms with E-state index in [0.717, 1.165) is 5.75 Å². The lowest BCUT2D eigenvalue weighted by molar-refractivity contribution is 0.216. The van der Waals surface area contributed by atoms with Crippen molar-refractivity contribution in [3.8, 4) is 11.5 Å². The third kappa shape index (κ3) is 3.61. The van der Waals surface area contributed by atoms with E-state index in [1.165, 1.54) is 0 Å². The van der Waals surface area contributed by atoms with Gasteiger partial charge in [-0.2, -0.15) is 0 Å². The number of para-hydroxylation sites is 1. The first kappa shape index (κ1) is 13.7. The molecule has 104 valence electrons. The van der Waals surface area contributed by atoms with Crippen LogP contribution in [0.15, 0.2) is 53.8 Å². The Labute approximate surface area is 116 Å². The standard InChI is InChI=1S/C14H15N3O3/c15-14(17-18)13-12(7-4-8-16-13)20-10-9-19-11-5-2-1-3-6-11/h1-8,18H,9-10H2,(H2,15,17).